The second-order valence-electron chi connectivity index (χ2n) is 8.36. The summed E-state index contributed by atoms with van der Waals surface area (Å²) in [6.45, 7) is 7.99. The molecule has 0 saturated carbocycles. The number of fused-ring (bicyclic) bond motifs is 2. The van der Waals surface area contributed by atoms with Crippen LogP contribution in [0.4, 0.5) is 5.95 Å². The molecule has 1 aromatic carbocycles. The molecule has 0 saturated heterocycles. The number of benzene rings is 1. The van der Waals surface area contributed by atoms with Crippen LogP contribution in [0, 0.1) is 6.92 Å². The van der Waals surface area contributed by atoms with E-state index in [1.54, 1.807) is 31.4 Å². The number of furan rings is 1. The Morgan fingerprint density at radius 2 is 1.90 bits per heavy atom. The number of carbonyl (C=O) groups is 1. The summed E-state index contributed by atoms with van der Waals surface area (Å²) in [6, 6.07) is 13.0. The van der Waals surface area contributed by atoms with E-state index in [0.29, 0.717) is 34.0 Å². The van der Waals surface area contributed by atoms with Crippen LogP contribution in [0.2, 0.25) is 0 Å². The number of nitrogens with zero attached hydrogens (tertiary/aromatic N) is 4. The fourth-order valence-electron chi connectivity index (χ4n) is 3.78. The number of hydrogen-bond acceptors (Lipinski definition) is 6. The van der Waals surface area contributed by atoms with E-state index in [9.17, 15) is 4.79 Å². The summed E-state index contributed by atoms with van der Waals surface area (Å²) in [6.07, 6.45) is 1.55. The third-order valence-electron chi connectivity index (χ3n) is 5.09. The number of nitrogens with one attached hydrogen (secondary N) is 1. The molecule has 1 N–H and O–H groups in total. The topological polar surface area (TPSA) is 99.0 Å². The summed E-state index contributed by atoms with van der Waals surface area (Å²) < 4.78 is 12.8. The molecule has 0 fully saturated rings. The first-order chi connectivity index (χ1) is 14.8. The fraction of sp³-hybridized carbons (Fsp3) is 0.217. The van der Waals surface area contributed by atoms with Crippen LogP contribution in [0.5, 0.6) is 0 Å². The molecule has 1 amide bonds. The van der Waals surface area contributed by atoms with Gasteiger partial charge in [-0.3, -0.25) is 10.1 Å². The molecular weight excluding hydrogens is 394 g/mol. The number of pyridine rings is 1. The molecule has 156 valence electrons. The first-order valence-electron chi connectivity index (χ1n) is 9.93. The van der Waals surface area contributed by atoms with E-state index < -0.39 is 0 Å². The van der Waals surface area contributed by atoms with Crippen LogP contribution in [-0.4, -0.2) is 25.6 Å². The van der Waals surface area contributed by atoms with Crippen LogP contribution in [0.25, 0.3) is 33.6 Å². The summed E-state index contributed by atoms with van der Waals surface area (Å²) in [7, 11) is 0. The Bertz CT molecular complexity index is 1420. The molecule has 0 aliphatic carbocycles. The highest BCUT2D eigenvalue weighted by Crippen LogP contribution is 2.30. The highest BCUT2D eigenvalue weighted by molar-refractivity contribution is 6.12. The van der Waals surface area contributed by atoms with Crippen molar-refractivity contribution in [3.8, 4) is 11.5 Å². The Kier molecular flexibility index (Phi) is 4.18. The third-order valence-corrected chi connectivity index (χ3v) is 5.09. The van der Waals surface area contributed by atoms with Crippen LogP contribution in [0.15, 0.2) is 57.7 Å². The molecule has 0 spiro atoms. The summed E-state index contributed by atoms with van der Waals surface area (Å²) in [5.41, 5.74) is 3.21. The van der Waals surface area contributed by atoms with Crippen LogP contribution in [-0.2, 0) is 5.54 Å². The Balaban J connectivity index is 1.64. The first-order valence-corrected chi connectivity index (χ1v) is 9.93. The number of hydrogen-bond donors (Lipinski definition) is 1. The fourth-order valence-corrected chi connectivity index (χ4v) is 3.78. The molecule has 5 aromatic rings. The van der Waals surface area contributed by atoms with Gasteiger partial charge in [0, 0.05) is 5.54 Å². The number of para-hydroxylation sites is 2. The number of imidazole rings is 1. The molecular formula is C23H21N5O3. The molecule has 0 aliphatic heterocycles. The zero-order valence-corrected chi connectivity index (χ0v) is 17.6. The number of carbonyl (C=O) groups excluding carboxylic acids is 1. The summed E-state index contributed by atoms with van der Waals surface area (Å²) >= 11 is 0. The maximum atomic E-state index is 13.5. The molecule has 0 radical (unpaired) electrons. The molecule has 5 rings (SSSR count). The minimum Gasteiger partial charge on any atom is -0.463 e. The van der Waals surface area contributed by atoms with Gasteiger partial charge in [-0.25, -0.2) is 9.97 Å². The van der Waals surface area contributed by atoms with Gasteiger partial charge in [-0.2, -0.15) is 0 Å². The molecule has 0 aliphatic rings. The molecule has 31 heavy (non-hydrogen) atoms. The van der Waals surface area contributed by atoms with Crippen LogP contribution < -0.4 is 5.32 Å². The van der Waals surface area contributed by atoms with E-state index in [1.807, 2.05) is 28.8 Å². The van der Waals surface area contributed by atoms with E-state index in [1.165, 1.54) is 0 Å². The van der Waals surface area contributed by atoms with Crippen molar-refractivity contribution in [2.24, 2.45) is 0 Å². The van der Waals surface area contributed by atoms with Crippen LogP contribution >= 0.6 is 0 Å². The maximum absolute atomic E-state index is 13.5. The Labute approximate surface area is 177 Å². The second kappa shape index (κ2) is 6.80. The number of anilines is 1. The summed E-state index contributed by atoms with van der Waals surface area (Å²) in [5.74, 6) is 0.677. The zero-order valence-electron chi connectivity index (χ0n) is 17.6. The minimum absolute atomic E-state index is 0.279. The molecule has 0 unspecified atom stereocenters. The Morgan fingerprint density at radius 1 is 1.10 bits per heavy atom. The van der Waals surface area contributed by atoms with Gasteiger partial charge in [-0.15, -0.1) is 0 Å². The monoisotopic (exact) mass is 415 g/mol. The molecule has 8 nitrogen and oxygen atoms in total. The van der Waals surface area contributed by atoms with Gasteiger partial charge < -0.3 is 13.5 Å². The Morgan fingerprint density at radius 3 is 2.65 bits per heavy atom. The van der Waals surface area contributed by atoms with Crippen molar-refractivity contribution < 1.29 is 13.7 Å². The van der Waals surface area contributed by atoms with E-state index in [-0.39, 0.29) is 17.2 Å². The third kappa shape index (κ3) is 3.16. The van der Waals surface area contributed by atoms with Gasteiger partial charge in [-0.05, 0) is 58.0 Å². The van der Waals surface area contributed by atoms with Crippen molar-refractivity contribution in [1.29, 1.82) is 0 Å². The van der Waals surface area contributed by atoms with Gasteiger partial charge in [-0.1, -0.05) is 17.3 Å². The van der Waals surface area contributed by atoms with E-state index in [0.717, 1.165) is 11.0 Å². The van der Waals surface area contributed by atoms with E-state index in [4.69, 9.17) is 8.94 Å². The van der Waals surface area contributed by atoms with Gasteiger partial charge >= 0.3 is 0 Å². The lowest BCUT2D eigenvalue weighted by atomic mass is 10.1. The maximum Gasteiger partial charge on any atom is 0.259 e. The first kappa shape index (κ1) is 19.0. The smallest absolute Gasteiger partial charge is 0.259 e. The predicted molar refractivity (Wildman–Crippen MR) is 117 cm³/mol. The van der Waals surface area contributed by atoms with Crippen LogP contribution in [0.3, 0.4) is 0 Å². The van der Waals surface area contributed by atoms with Gasteiger partial charge in [0.1, 0.15) is 5.69 Å². The van der Waals surface area contributed by atoms with Crippen molar-refractivity contribution in [2.75, 3.05) is 5.32 Å². The van der Waals surface area contributed by atoms with Crippen molar-refractivity contribution in [3.05, 3.63) is 60.0 Å². The standard InChI is InChI=1S/C23H21N5O3/c1-13-19-14(12-16(18-10-7-11-30-18)24-21(19)31-27-13)20(29)26-22-25-15-8-5-6-9-17(15)28(22)23(2,3)4/h5-12H,1-4H3,(H,25,26,29). The van der Waals surface area contributed by atoms with Crippen molar-refractivity contribution in [3.63, 3.8) is 0 Å². The minimum atomic E-state index is -0.327. The average molecular weight is 415 g/mol. The average Bonchev–Trinajstić information content (AvgIpc) is 3.45. The SMILES string of the molecule is Cc1noc2nc(-c3ccco3)cc(C(=O)Nc3nc4ccccc4n3C(C)(C)C)c12. The summed E-state index contributed by atoms with van der Waals surface area (Å²) in [4.78, 5) is 22.6. The van der Waals surface area contributed by atoms with E-state index >= 15 is 0 Å². The number of rotatable bonds is 3. The second-order valence-corrected chi connectivity index (χ2v) is 8.36. The molecule has 4 heterocycles. The van der Waals surface area contributed by atoms with Crippen molar-refractivity contribution >= 4 is 34.0 Å². The number of amides is 1. The van der Waals surface area contributed by atoms with E-state index in [2.05, 4.69) is 41.2 Å². The molecule has 4 aromatic heterocycles. The van der Waals surface area contributed by atoms with Crippen LogP contribution in [0.1, 0.15) is 36.8 Å². The van der Waals surface area contributed by atoms with Gasteiger partial charge in [0.15, 0.2) is 5.76 Å². The highest BCUT2D eigenvalue weighted by atomic mass is 16.5. The molecule has 8 heteroatoms. The molecule has 0 bridgehead atoms. The molecule has 0 atom stereocenters. The largest absolute Gasteiger partial charge is 0.463 e. The zero-order chi connectivity index (χ0) is 21.8. The Hall–Kier alpha value is -3.94. The lowest BCUT2D eigenvalue weighted by molar-refractivity contribution is 0.102. The highest BCUT2D eigenvalue weighted by Gasteiger charge is 2.25. The van der Waals surface area contributed by atoms with Crippen molar-refractivity contribution in [1.82, 2.24) is 19.7 Å². The number of aryl methyl sites for hydroxylation is 1. The number of aromatic nitrogens is 4. The lowest BCUT2D eigenvalue weighted by Crippen LogP contribution is -2.26. The van der Waals surface area contributed by atoms with Gasteiger partial charge in [0.2, 0.25) is 5.95 Å². The predicted octanol–water partition coefficient (Wildman–Crippen LogP) is 5.15. The summed E-state index contributed by atoms with van der Waals surface area (Å²) in [5, 5.41) is 7.54. The van der Waals surface area contributed by atoms with Gasteiger partial charge in [0.25, 0.3) is 11.6 Å². The lowest BCUT2D eigenvalue weighted by Gasteiger charge is -2.24. The van der Waals surface area contributed by atoms with Gasteiger partial charge in [0.05, 0.1) is 33.9 Å². The van der Waals surface area contributed by atoms with Crippen molar-refractivity contribution in [2.45, 2.75) is 33.2 Å². The normalized spacial score (nSPS) is 12.0. The quantitative estimate of drug-likeness (QED) is 0.438.